The Morgan fingerprint density at radius 1 is 0.769 bits per heavy atom. The minimum Gasteiger partial charge on any atom is -0.507 e. The summed E-state index contributed by atoms with van der Waals surface area (Å²) in [4.78, 5) is 38.4. The van der Waals surface area contributed by atoms with Gasteiger partial charge in [-0.2, -0.15) is 0 Å². The number of esters is 2. The molecule has 1 N–H and O–H groups in total. The quantitative estimate of drug-likeness (QED) is 0.169. The van der Waals surface area contributed by atoms with E-state index in [9.17, 15) is 19.5 Å². The highest BCUT2D eigenvalue weighted by Gasteiger charge is 2.16. The normalized spacial score (nSPS) is 10.1. The lowest BCUT2D eigenvalue weighted by Crippen LogP contribution is -2.11. The van der Waals surface area contributed by atoms with Gasteiger partial charge in [-0.3, -0.25) is 9.78 Å². The lowest BCUT2D eigenvalue weighted by Gasteiger charge is -2.09. The van der Waals surface area contributed by atoms with Crippen molar-refractivity contribution < 1.29 is 33.7 Å². The van der Waals surface area contributed by atoms with Crippen LogP contribution in [0.25, 0.3) is 0 Å². The molecule has 0 aliphatic carbocycles. The van der Waals surface area contributed by atoms with Gasteiger partial charge in [0, 0.05) is 12.3 Å². The van der Waals surface area contributed by atoms with Gasteiger partial charge in [-0.05, 0) is 69.2 Å². The number of phenols is 1. The number of rotatable bonds is 6. The fraction of sp³-hybridized carbons (Fsp3) is 0.133. The molecule has 1 heterocycles. The lowest BCUT2D eigenvalue weighted by molar-refractivity contribution is -0.120. The third kappa shape index (κ3) is 8.15. The number of halogens is 1. The minimum atomic E-state index is -0.658. The number of nitrogens with zero attached hydrogens (tertiary/aromatic N) is 1. The molecule has 0 aliphatic heterocycles. The fourth-order valence-electron chi connectivity index (χ4n) is 3.45. The molecule has 0 bridgehead atoms. The zero-order chi connectivity index (χ0) is 28.5. The third-order valence-electron chi connectivity index (χ3n) is 5.33. The highest BCUT2D eigenvalue weighted by Crippen LogP contribution is 2.25. The fourth-order valence-corrected chi connectivity index (χ4v) is 3.61. The lowest BCUT2D eigenvalue weighted by atomic mass is 10.1. The number of phenolic OH excluding ortho intramolecular Hbond substituents is 1. The molecule has 0 fully saturated rings. The van der Waals surface area contributed by atoms with Crippen LogP contribution in [0.15, 0.2) is 73.1 Å². The molecule has 8 nitrogen and oxygen atoms in total. The molecule has 9 heteroatoms. The zero-order valence-electron chi connectivity index (χ0n) is 21.7. The standard InChI is InChI=1S/C16H16O3.C14H10ClNO4/c1-10-5-7-15(12(3)8-10)19-16(18)13-9-11(2)4-6-14(13)17;1-9-2-3-13(19-8-17)12(4-9)14(18)20-11-5-10(15)6-16-7-11/h4-9,17H,1-3H3;2-8H,1H3. The van der Waals surface area contributed by atoms with Gasteiger partial charge in [0.1, 0.15) is 28.4 Å². The maximum atomic E-state index is 12.1. The van der Waals surface area contributed by atoms with Crippen molar-refractivity contribution in [3.05, 3.63) is 111 Å². The molecule has 0 aliphatic rings. The molecule has 0 amide bonds. The predicted octanol–water partition coefficient (Wildman–Crippen LogP) is 6.33. The molecule has 4 aromatic rings. The monoisotopic (exact) mass is 547 g/mol. The topological polar surface area (TPSA) is 112 Å². The van der Waals surface area contributed by atoms with E-state index in [2.05, 4.69) is 4.98 Å². The molecule has 0 unspecified atom stereocenters. The van der Waals surface area contributed by atoms with E-state index in [1.165, 1.54) is 30.6 Å². The Hall–Kier alpha value is -4.69. The summed E-state index contributed by atoms with van der Waals surface area (Å²) >= 11 is 5.76. The maximum absolute atomic E-state index is 12.1. The largest absolute Gasteiger partial charge is 0.507 e. The van der Waals surface area contributed by atoms with Gasteiger partial charge < -0.3 is 19.3 Å². The van der Waals surface area contributed by atoms with Gasteiger partial charge in [-0.15, -0.1) is 0 Å². The first-order valence-corrected chi connectivity index (χ1v) is 12.1. The summed E-state index contributed by atoms with van der Waals surface area (Å²) in [6.07, 6.45) is 2.78. The van der Waals surface area contributed by atoms with Crippen LogP contribution in [0.1, 0.15) is 43.0 Å². The molecular formula is C30H26ClNO7. The first kappa shape index (κ1) is 28.9. The molecule has 200 valence electrons. The number of aromatic hydroxyl groups is 1. The van der Waals surface area contributed by atoms with E-state index in [-0.39, 0.29) is 34.8 Å². The Kier molecular flexibility index (Phi) is 9.78. The van der Waals surface area contributed by atoms with Crippen molar-refractivity contribution in [2.45, 2.75) is 27.7 Å². The second-order valence-corrected chi connectivity index (χ2v) is 9.06. The summed E-state index contributed by atoms with van der Waals surface area (Å²) in [5.74, 6) is -0.425. The molecule has 0 spiro atoms. The SMILES string of the molecule is Cc1ccc(OC(=O)c2cc(C)ccc2O)c(C)c1.Cc1ccc(OC=O)c(C(=O)Oc2cncc(Cl)c2)c1. The number of hydrogen-bond donors (Lipinski definition) is 1. The molecule has 0 radical (unpaired) electrons. The number of pyridine rings is 1. The second kappa shape index (κ2) is 13.2. The van der Waals surface area contributed by atoms with Crippen LogP contribution >= 0.6 is 11.6 Å². The van der Waals surface area contributed by atoms with Gasteiger partial charge in [0.15, 0.2) is 5.75 Å². The smallest absolute Gasteiger partial charge is 0.347 e. The van der Waals surface area contributed by atoms with Gasteiger partial charge in [0.25, 0.3) is 6.47 Å². The number of benzene rings is 3. The van der Waals surface area contributed by atoms with Crippen molar-refractivity contribution in [3.8, 4) is 23.0 Å². The molecule has 1 aromatic heterocycles. The van der Waals surface area contributed by atoms with Crippen LogP contribution in [0.5, 0.6) is 23.0 Å². The minimum absolute atomic E-state index is 0.0691. The number of aromatic nitrogens is 1. The van der Waals surface area contributed by atoms with E-state index in [4.69, 9.17) is 25.8 Å². The second-order valence-electron chi connectivity index (χ2n) is 8.62. The molecule has 39 heavy (non-hydrogen) atoms. The molecule has 4 rings (SSSR count). The van der Waals surface area contributed by atoms with Crippen LogP contribution in [0.3, 0.4) is 0 Å². The van der Waals surface area contributed by atoms with E-state index < -0.39 is 11.9 Å². The average Bonchev–Trinajstić information content (AvgIpc) is 2.88. The highest BCUT2D eigenvalue weighted by atomic mass is 35.5. The van der Waals surface area contributed by atoms with Gasteiger partial charge in [-0.1, -0.05) is 47.0 Å². The first-order chi connectivity index (χ1) is 18.6. The van der Waals surface area contributed by atoms with Crippen molar-refractivity contribution in [1.82, 2.24) is 4.98 Å². The molecule has 3 aromatic carbocycles. The third-order valence-corrected chi connectivity index (χ3v) is 5.53. The van der Waals surface area contributed by atoms with E-state index in [0.717, 1.165) is 22.3 Å². The Bertz CT molecular complexity index is 1520. The van der Waals surface area contributed by atoms with Gasteiger partial charge >= 0.3 is 11.9 Å². The Labute approximate surface area is 230 Å². The van der Waals surface area contributed by atoms with E-state index in [1.54, 1.807) is 30.3 Å². The number of carbonyl (C=O) groups excluding carboxylic acids is 3. The van der Waals surface area contributed by atoms with Crippen LogP contribution in [-0.2, 0) is 4.79 Å². The van der Waals surface area contributed by atoms with Crippen LogP contribution in [-0.4, -0.2) is 28.5 Å². The summed E-state index contributed by atoms with van der Waals surface area (Å²) < 4.78 is 15.2. The summed E-state index contributed by atoms with van der Waals surface area (Å²) in [7, 11) is 0. The summed E-state index contributed by atoms with van der Waals surface area (Å²) in [5.41, 5.74) is 4.05. The molecule has 0 atom stereocenters. The van der Waals surface area contributed by atoms with E-state index in [0.29, 0.717) is 10.8 Å². The van der Waals surface area contributed by atoms with E-state index in [1.807, 2.05) is 39.8 Å². The van der Waals surface area contributed by atoms with Gasteiger partial charge in [0.2, 0.25) is 0 Å². The molecule has 0 saturated carbocycles. The van der Waals surface area contributed by atoms with E-state index >= 15 is 0 Å². The van der Waals surface area contributed by atoms with Crippen molar-refractivity contribution in [1.29, 1.82) is 0 Å². The number of ether oxygens (including phenoxy) is 3. The molecular weight excluding hydrogens is 522 g/mol. The zero-order valence-corrected chi connectivity index (χ0v) is 22.5. The summed E-state index contributed by atoms with van der Waals surface area (Å²) in [5, 5.41) is 10.0. The van der Waals surface area contributed by atoms with Crippen molar-refractivity contribution in [3.63, 3.8) is 0 Å². The van der Waals surface area contributed by atoms with Crippen LogP contribution in [0, 0.1) is 27.7 Å². The Morgan fingerprint density at radius 2 is 1.36 bits per heavy atom. The maximum Gasteiger partial charge on any atom is 0.347 e. The number of hydrogen-bond acceptors (Lipinski definition) is 8. The Morgan fingerprint density at radius 3 is 2.00 bits per heavy atom. The predicted molar refractivity (Wildman–Crippen MR) is 146 cm³/mol. The first-order valence-electron chi connectivity index (χ1n) is 11.7. The summed E-state index contributed by atoms with van der Waals surface area (Å²) in [6.45, 7) is 7.77. The van der Waals surface area contributed by atoms with Crippen molar-refractivity contribution >= 4 is 30.0 Å². The number of aryl methyl sites for hydroxylation is 4. The van der Waals surface area contributed by atoms with Crippen LogP contribution in [0.4, 0.5) is 0 Å². The summed E-state index contributed by atoms with van der Waals surface area (Å²) in [6, 6.07) is 16.7. The number of carbonyl (C=O) groups is 3. The van der Waals surface area contributed by atoms with Gasteiger partial charge in [0.05, 0.1) is 11.2 Å². The average molecular weight is 548 g/mol. The van der Waals surface area contributed by atoms with Crippen LogP contribution < -0.4 is 14.2 Å². The molecule has 0 saturated heterocycles. The van der Waals surface area contributed by atoms with Crippen molar-refractivity contribution in [2.24, 2.45) is 0 Å². The van der Waals surface area contributed by atoms with Gasteiger partial charge in [-0.25, -0.2) is 9.59 Å². The Balaban J connectivity index is 0.000000216. The van der Waals surface area contributed by atoms with Crippen LogP contribution in [0.2, 0.25) is 5.02 Å². The van der Waals surface area contributed by atoms with Crippen molar-refractivity contribution in [2.75, 3.05) is 0 Å². The highest BCUT2D eigenvalue weighted by molar-refractivity contribution is 6.30.